The molecule has 0 unspecified atom stereocenters. The molecule has 3 heteroatoms. The van der Waals surface area contributed by atoms with E-state index in [4.69, 9.17) is 0 Å². The van der Waals surface area contributed by atoms with Crippen LogP contribution in [-0.2, 0) is 6.42 Å². The van der Waals surface area contributed by atoms with Crippen molar-refractivity contribution in [1.82, 2.24) is 0 Å². The summed E-state index contributed by atoms with van der Waals surface area (Å²) in [5.41, 5.74) is 2.71. The summed E-state index contributed by atoms with van der Waals surface area (Å²) in [7, 11) is 0. The van der Waals surface area contributed by atoms with E-state index in [9.17, 15) is 8.78 Å². The van der Waals surface area contributed by atoms with Gasteiger partial charge in [0.2, 0.25) is 0 Å². The molecule has 0 saturated heterocycles. The number of fused-ring (bicyclic) bond motifs is 1. The Bertz CT molecular complexity index is 1160. The van der Waals surface area contributed by atoms with E-state index in [0.717, 1.165) is 18.2 Å². The zero-order valence-electron chi connectivity index (χ0n) is 15.5. The Hall–Kier alpha value is -3.07. The van der Waals surface area contributed by atoms with Gasteiger partial charge in [0, 0.05) is 16.5 Å². The Kier molecular flexibility index (Phi) is 4.91. The highest BCUT2D eigenvalue weighted by Gasteiger charge is 2.13. The molecule has 0 aliphatic rings. The van der Waals surface area contributed by atoms with Crippen LogP contribution in [0.4, 0.5) is 13.2 Å². The van der Waals surface area contributed by atoms with Crippen LogP contribution >= 0.6 is 0 Å². The monoisotopic (exact) mass is 376 g/mol. The minimum absolute atomic E-state index is 0.286. The maximum atomic E-state index is 15.1. The van der Waals surface area contributed by atoms with Gasteiger partial charge in [0.25, 0.3) is 0 Å². The highest BCUT2D eigenvalue weighted by molar-refractivity contribution is 5.89. The zero-order chi connectivity index (χ0) is 19.7. The molecule has 0 N–H and O–H groups in total. The van der Waals surface area contributed by atoms with E-state index in [1.807, 2.05) is 18.2 Å². The van der Waals surface area contributed by atoms with Crippen molar-refractivity contribution in [3.8, 4) is 22.3 Å². The van der Waals surface area contributed by atoms with Crippen molar-refractivity contribution < 1.29 is 13.2 Å². The maximum absolute atomic E-state index is 15.1. The molecule has 0 aliphatic heterocycles. The molecule has 4 aromatic rings. The van der Waals surface area contributed by atoms with Gasteiger partial charge in [0.1, 0.15) is 17.5 Å². The van der Waals surface area contributed by atoms with Crippen molar-refractivity contribution in [2.45, 2.75) is 19.8 Å². The summed E-state index contributed by atoms with van der Waals surface area (Å²) >= 11 is 0. The second kappa shape index (κ2) is 7.51. The normalized spacial score (nSPS) is 11.1. The summed E-state index contributed by atoms with van der Waals surface area (Å²) in [6, 6.07) is 19.6. The van der Waals surface area contributed by atoms with Gasteiger partial charge < -0.3 is 0 Å². The first-order chi connectivity index (χ1) is 13.6. The first kappa shape index (κ1) is 18.3. The van der Waals surface area contributed by atoms with Crippen molar-refractivity contribution in [2.75, 3.05) is 0 Å². The van der Waals surface area contributed by atoms with Gasteiger partial charge in [-0.2, -0.15) is 0 Å². The average Bonchev–Trinajstić information content (AvgIpc) is 2.68. The fraction of sp³-hybridized carbons (Fsp3) is 0.120. The summed E-state index contributed by atoms with van der Waals surface area (Å²) in [5.74, 6) is -1.30. The first-order valence-corrected chi connectivity index (χ1v) is 9.34. The molecule has 0 bridgehead atoms. The number of hydrogen-bond donors (Lipinski definition) is 0. The van der Waals surface area contributed by atoms with Crippen LogP contribution in [0.2, 0.25) is 0 Å². The van der Waals surface area contributed by atoms with Crippen LogP contribution in [0.5, 0.6) is 0 Å². The zero-order valence-corrected chi connectivity index (χ0v) is 15.5. The second-order valence-corrected chi connectivity index (χ2v) is 6.94. The molecule has 0 amide bonds. The smallest absolute Gasteiger partial charge is 0.138 e. The van der Waals surface area contributed by atoms with Crippen LogP contribution in [0.3, 0.4) is 0 Å². The number of halogens is 3. The Morgan fingerprint density at radius 2 is 1.50 bits per heavy atom. The molecule has 0 nitrogen and oxygen atoms in total. The largest absolute Gasteiger partial charge is 0.207 e. The molecule has 0 spiro atoms. The predicted octanol–water partition coefficient (Wildman–Crippen LogP) is 7.54. The lowest BCUT2D eigenvalue weighted by Gasteiger charge is -2.10. The highest BCUT2D eigenvalue weighted by Crippen LogP contribution is 2.33. The van der Waals surface area contributed by atoms with Gasteiger partial charge in [0.05, 0.1) is 0 Å². The van der Waals surface area contributed by atoms with Crippen molar-refractivity contribution >= 4 is 10.8 Å². The molecule has 140 valence electrons. The van der Waals surface area contributed by atoms with Crippen molar-refractivity contribution in [3.05, 3.63) is 95.8 Å². The van der Waals surface area contributed by atoms with Crippen molar-refractivity contribution in [1.29, 1.82) is 0 Å². The molecule has 0 atom stereocenters. The quantitative estimate of drug-likeness (QED) is 0.345. The minimum Gasteiger partial charge on any atom is -0.207 e. The predicted molar refractivity (Wildman–Crippen MR) is 109 cm³/mol. The summed E-state index contributed by atoms with van der Waals surface area (Å²) < 4.78 is 43.2. The highest BCUT2D eigenvalue weighted by atomic mass is 19.1. The lowest BCUT2D eigenvalue weighted by atomic mass is 9.96. The molecule has 4 aromatic carbocycles. The van der Waals surface area contributed by atoms with E-state index in [-0.39, 0.29) is 11.4 Å². The molecule has 0 radical (unpaired) electrons. The number of aryl methyl sites for hydroxylation is 1. The van der Waals surface area contributed by atoms with Crippen LogP contribution in [-0.4, -0.2) is 0 Å². The minimum atomic E-state index is -0.513. The molecule has 0 aliphatic carbocycles. The van der Waals surface area contributed by atoms with Crippen molar-refractivity contribution in [2.24, 2.45) is 0 Å². The van der Waals surface area contributed by atoms with Crippen molar-refractivity contribution in [3.63, 3.8) is 0 Å². The summed E-state index contributed by atoms with van der Waals surface area (Å²) in [6.45, 7) is 2.11. The molecular weight excluding hydrogens is 357 g/mol. The number of benzene rings is 4. The van der Waals surface area contributed by atoms with E-state index < -0.39 is 11.6 Å². The third-order valence-electron chi connectivity index (χ3n) is 4.97. The Morgan fingerprint density at radius 1 is 0.714 bits per heavy atom. The van der Waals surface area contributed by atoms with Gasteiger partial charge in [-0.25, -0.2) is 13.2 Å². The molecule has 4 rings (SSSR count). The van der Waals surface area contributed by atoms with Gasteiger partial charge in [0.15, 0.2) is 0 Å². The Morgan fingerprint density at radius 3 is 2.25 bits per heavy atom. The summed E-state index contributed by atoms with van der Waals surface area (Å²) in [4.78, 5) is 0. The van der Waals surface area contributed by atoms with Crippen LogP contribution in [0.15, 0.2) is 72.8 Å². The molecule has 0 heterocycles. The Labute approximate surface area is 162 Å². The van der Waals surface area contributed by atoms with Gasteiger partial charge in [-0.3, -0.25) is 0 Å². The average molecular weight is 376 g/mol. The molecule has 28 heavy (non-hydrogen) atoms. The third kappa shape index (κ3) is 3.40. The number of rotatable bonds is 4. The van der Waals surface area contributed by atoms with Crippen LogP contribution in [0.25, 0.3) is 33.0 Å². The van der Waals surface area contributed by atoms with Gasteiger partial charge >= 0.3 is 0 Å². The fourth-order valence-corrected chi connectivity index (χ4v) is 3.58. The van der Waals surface area contributed by atoms with Crippen LogP contribution < -0.4 is 0 Å². The molecule has 0 saturated carbocycles. The summed E-state index contributed by atoms with van der Waals surface area (Å²) in [5, 5.41) is 1.36. The lowest BCUT2D eigenvalue weighted by molar-refractivity contribution is 0.624. The fourth-order valence-electron chi connectivity index (χ4n) is 3.58. The van der Waals surface area contributed by atoms with Gasteiger partial charge in [-0.15, -0.1) is 0 Å². The lowest BCUT2D eigenvalue weighted by Crippen LogP contribution is -1.91. The topological polar surface area (TPSA) is 0 Å². The Balaban J connectivity index is 1.76. The van der Waals surface area contributed by atoms with Gasteiger partial charge in [-0.05, 0) is 46.7 Å². The molecule has 0 fully saturated rings. The maximum Gasteiger partial charge on any atom is 0.138 e. The third-order valence-corrected chi connectivity index (χ3v) is 4.97. The van der Waals surface area contributed by atoms with Crippen LogP contribution in [0.1, 0.15) is 18.9 Å². The SMILES string of the molecule is CCCc1ccc2c(F)c(-c3ccc(-c4cccc(F)c4)c(F)c3)ccc2c1. The first-order valence-electron chi connectivity index (χ1n) is 9.34. The van der Waals surface area contributed by atoms with E-state index in [1.165, 1.54) is 29.8 Å². The van der Waals surface area contributed by atoms with E-state index in [1.54, 1.807) is 30.3 Å². The van der Waals surface area contributed by atoms with E-state index >= 15 is 4.39 Å². The van der Waals surface area contributed by atoms with Gasteiger partial charge in [-0.1, -0.05) is 67.9 Å². The van der Waals surface area contributed by atoms with Crippen LogP contribution in [0, 0.1) is 17.5 Å². The standard InChI is InChI=1S/C25H19F3/c1-2-4-16-7-10-22-18(13-16)9-12-23(25(22)28)19-8-11-21(24(27)15-19)17-5-3-6-20(26)14-17/h3,5-15H,2,4H2,1H3. The van der Waals surface area contributed by atoms with E-state index in [0.29, 0.717) is 22.1 Å². The second-order valence-electron chi connectivity index (χ2n) is 6.94. The number of hydrogen-bond acceptors (Lipinski definition) is 0. The van der Waals surface area contributed by atoms with E-state index in [2.05, 4.69) is 6.92 Å². The molecular formula is C25H19F3. The summed E-state index contributed by atoms with van der Waals surface area (Å²) in [6.07, 6.45) is 1.98. The molecule has 0 aromatic heterocycles.